The van der Waals surface area contributed by atoms with Gasteiger partial charge >= 0.3 is 24.3 Å². The van der Waals surface area contributed by atoms with E-state index >= 15 is 0 Å². The smallest absolute Gasteiger partial charge is 0.475 e. The van der Waals surface area contributed by atoms with Gasteiger partial charge in [0, 0.05) is 12.0 Å². The van der Waals surface area contributed by atoms with Gasteiger partial charge in [0.15, 0.2) is 0 Å². The van der Waals surface area contributed by atoms with Crippen molar-refractivity contribution in [1.82, 2.24) is 9.80 Å². The molecule has 0 unspecified atom stereocenters. The molecular weight excluding hydrogens is 558 g/mol. The van der Waals surface area contributed by atoms with Crippen LogP contribution in [0.4, 0.5) is 26.3 Å². The summed E-state index contributed by atoms with van der Waals surface area (Å²) in [4.78, 5) is 22.5. The lowest BCUT2D eigenvalue weighted by Crippen LogP contribution is -2.49. The minimum atomic E-state index is -5.08. The summed E-state index contributed by atoms with van der Waals surface area (Å²) < 4.78 is 63.5. The monoisotopic (exact) mass is 592 g/mol. The number of aliphatic hydroxyl groups excluding tert-OH is 1. The lowest BCUT2D eigenvalue weighted by Gasteiger charge is -2.43. The topological polar surface area (TPSA) is 101 Å². The first kappa shape index (κ1) is 34.0. The maximum Gasteiger partial charge on any atom is 0.490 e. The number of hydrogen-bond donors (Lipinski definition) is 3. The summed E-state index contributed by atoms with van der Waals surface area (Å²) in [6, 6.07) is 15.5. The number of alkyl halides is 6. The molecule has 0 saturated carbocycles. The Hall–Kier alpha value is -3.16. The Labute approximate surface area is 234 Å². The third-order valence-corrected chi connectivity index (χ3v) is 7.37. The first-order valence-electron chi connectivity index (χ1n) is 12.6. The summed E-state index contributed by atoms with van der Waals surface area (Å²) in [7, 11) is 4.17. The van der Waals surface area contributed by atoms with Crippen LogP contribution in [0, 0.1) is 13.8 Å². The number of carbonyl (C=O) groups is 2. The number of aliphatic carboxylic acids is 2. The van der Waals surface area contributed by atoms with Crippen LogP contribution in [0.2, 0.25) is 0 Å². The molecule has 1 aliphatic carbocycles. The minimum absolute atomic E-state index is 0.0936. The summed E-state index contributed by atoms with van der Waals surface area (Å²) in [5, 5.41) is 25.6. The van der Waals surface area contributed by atoms with E-state index in [1.165, 1.54) is 27.8 Å². The molecule has 2 atom stereocenters. The fraction of sp³-hybridized carbons (Fsp3) is 0.500. The highest BCUT2D eigenvalue weighted by atomic mass is 19.4. The van der Waals surface area contributed by atoms with Gasteiger partial charge in [-0.3, -0.25) is 4.90 Å². The molecule has 228 valence electrons. The van der Waals surface area contributed by atoms with E-state index in [4.69, 9.17) is 19.8 Å². The standard InChI is InChI=1S/C24H32N2O.2C2HF3O2/c1-17-9-10-18(2)19(15-17)16-26-13-11-24(12-14-26)21-8-6-5-7-20(21)22(23(24)27)25(3)4;2*3-2(4,5)1(6)7/h5-10,15,22-23,27H,11-14,16H2,1-4H3;2*(H,6,7)/t22-,23+;;/m1../s1. The molecule has 2 aromatic rings. The molecule has 1 spiro atoms. The molecule has 0 bridgehead atoms. The highest BCUT2D eigenvalue weighted by Crippen LogP contribution is 2.52. The Bertz CT molecular complexity index is 1180. The number of halogens is 6. The van der Waals surface area contributed by atoms with E-state index in [2.05, 4.69) is 80.2 Å². The van der Waals surface area contributed by atoms with Crippen molar-refractivity contribution in [3.8, 4) is 0 Å². The van der Waals surface area contributed by atoms with Crippen molar-refractivity contribution in [1.29, 1.82) is 0 Å². The van der Waals surface area contributed by atoms with Crippen LogP contribution in [0.5, 0.6) is 0 Å². The van der Waals surface area contributed by atoms with Crippen LogP contribution >= 0.6 is 0 Å². The van der Waals surface area contributed by atoms with E-state index in [9.17, 15) is 31.4 Å². The lowest BCUT2D eigenvalue weighted by molar-refractivity contribution is -0.193. The van der Waals surface area contributed by atoms with Gasteiger partial charge in [-0.05, 0) is 76.1 Å². The van der Waals surface area contributed by atoms with Crippen molar-refractivity contribution in [2.75, 3.05) is 27.2 Å². The quantitative estimate of drug-likeness (QED) is 0.428. The number of nitrogens with zero attached hydrogens (tertiary/aromatic N) is 2. The molecule has 13 heteroatoms. The maximum absolute atomic E-state index is 11.4. The molecule has 7 nitrogen and oxygen atoms in total. The van der Waals surface area contributed by atoms with Gasteiger partial charge in [-0.2, -0.15) is 26.3 Å². The number of hydrogen-bond acceptors (Lipinski definition) is 5. The number of fused-ring (bicyclic) bond motifs is 2. The molecule has 2 aliphatic rings. The average molecular weight is 593 g/mol. The van der Waals surface area contributed by atoms with Gasteiger partial charge in [-0.15, -0.1) is 0 Å². The van der Waals surface area contributed by atoms with E-state index in [1.54, 1.807) is 0 Å². The van der Waals surface area contributed by atoms with Crippen molar-refractivity contribution in [3.05, 3.63) is 70.3 Å². The molecule has 0 amide bonds. The van der Waals surface area contributed by atoms with Gasteiger partial charge in [-0.25, -0.2) is 9.59 Å². The normalized spacial score (nSPS) is 20.0. The SMILES string of the molecule is Cc1ccc(C)c(CN2CCC3(CC2)c2ccccc2[C@@H](N(C)C)[C@@H]3O)c1.O=C(O)C(F)(F)F.O=C(O)C(F)(F)F. The molecular formula is C28H34F6N2O5. The molecule has 3 N–H and O–H groups in total. The fourth-order valence-corrected chi connectivity index (χ4v) is 5.29. The van der Waals surface area contributed by atoms with E-state index in [0.717, 1.165) is 32.5 Å². The zero-order valence-electron chi connectivity index (χ0n) is 23.1. The second-order valence-corrected chi connectivity index (χ2v) is 10.4. The number of rotatable bonds is 3. The Balaban J connectivity index is 0.000000349. The Morgan fingerprint density at radius 3 is 1.88 bits per heavy atom. The summed E-state index contributed by atoms with van der Waals surface area (Å²) >= 11 is 0. The van der Waals surface area contributed by atoms with E-state index in [-0.39, 0.29) is 17.6 Å². The molecule has 1 saturated heterocycles. The summed E-state index contributed by atoms with van der Waals surface area (Å²) in [5.74, 6) is -5.51. The summed E-state index contributed by atoms with van der Waals surface area (Å²) in [6.07, 6.45) is -8.44. The number of likely N-dealkylation sites (N-methyl/N-ethyl adjacent to an activating group) is 1. The second kappa shape index (κ2) is 13.2. The first-order chi connectivity index (χ1) is 18.8. The van der Waals surface area contributed by atoms with Crippen molar-refractivity contribution < 1.29 is 51.3 Å². The second-order valence-electron chi connectivity index (χ2n) is 10.4. The molecule has 0 radical (unpaired) electrons. The van der Waals surface area contributed by atoms with Gasteiger partial charge in [-0.1, -0.05) is 48.0 Å². The molecule has 4 rings (SSSR count). The predicted molar refractivity (Wildman–Crippen MR) is 138 cm³/mol. The van der Waals surface area contributed by atoms with Crippen molar-refractivity contribution in [3.63, 3.8) is 0 Å². The lowest BCUT2D eigenvalue weighted by atomic mass is 9.72. The van der Waals surface area contributed by atoms with Crippen LogP contribution in [-0.4, -0.2) is 82.7 Å². The molecule has 2 aromatic carbocycles. The van der Waals surface area contributed by atoms with Crippen LogP contribution in [0.3, 0.4) is 0 Å². The molecule has 1 heterocycles. The number of piperidine rings is 1. The number of aryl methyl sites for hydroxylation is 2. The Morgan fingerprint density at radius 2 is 1.41 bits per heavy atom. The zero-order chi connectivity index (χ0) is 31.3. The number of likely N-dealkylation sites (tertiary alicyclic amines) is 1. The number of benzene rings is 2. The van der Waals surface area contributed by atoms with Crippen LogP contribution in [-0.2, 0) is 21.5 Å². The largest absolute Gasteiger partial charge is 0.490 e. The molecule has 1 fully saturated rings. The summed E-state index contributed by atoms with van der Waals surface area (Å²) in [5.41, 5.74) is 6.74. The Morgan fingerprint density at radius 1 is 0.927 bits per heavy atom. The van der Waals surface area contributed by atoms with Crippen LogP contribution in [0.1, 0.15) is 46.7 Å². The third kappa shape index (κ3) is 8.43. The van der Waals surface area contributed by atoms with E-state index in [0.29, 0.717) is 0 Å². The van der Waals surface area contributed by atoms with Crippen LogP contribution < -0.4 is 0 Å². The van der Waals surface area contributed by atoms with Crippen molar-refractivity contribution in [2.45, 2.75) is 63.1 Å². The minimum Gasteiger partial charge on any atom is -0.475 e. The first-order valence-corrected chi connectivity index (χ1v) is 12.6. The zero-order valence-corrected chi connectivity index (χ0v) is 23.1. The van der Waals surface area contributed by atoms with Crippen molar-refractivity contribution >= 4 is 11.9 Å². The average Bonchev–Trinajstić information content (AvgIpc) is 3.10. The van der Waals surface area contributed by atoms with Gasteiger partial charge in [0.25, 0.3) is 0 Å². The number of carboxylic acids is 2. The van der Waals surface area contributed by atoms with Gasteiger partial charge in [0.1, 0.15) is 0 Å². The summed E-state index contributed by atoms with van der Waals surface area (Å²) in [6.45, 7) is 7.47. The Kier molecular flexibility index (Phi) is 11.0. The van der Waals surface area contributed by atoms with Gasteiger partial charge in [0.2, 0.25) is 0 Å². The van der Waals surface area contributed by atoms with Crippen LogP contribution in [0.25, 0.3) is 0 Å². The van der Waals surface area contributed by atoms with Gasteiger partial charge in [0.05, 0.1) is 12.1 Å². The predicted octanol–water partition coefficient (Wildman–Crippen LogP) is 5.08. The highest BCUT2D eigenvalue weighted by Gasteiger charge is 2.53. The van der Waals surface area contributed by atoms with Crippen LogP contribution in [0.15, 0.2) is 42.5 Å². The third-order valence-electron chi connectivity index (χ3n) is 7.37. The molecule has 41 heavy (non-hydrogen) atoms. The molecule has 0 aromatic heterocycles. The van der Waals surface area contributed by atoms with E-state index < -0.39 is 24.3 Å². The van der Waals surface area contributed by atoms with Gasteiger partial charge < -0.3 is 20.2 Å². The maximum atomic E-state index is 11.4. The number of aliphatic hydroxyl groups is 1. The number of carboxylic acid groups (broad SMARTS) is 2. The highest BCUT2D eigenvalue weighted by molar-refractivity contribution is 5.73. The van der Waals surface area contributed by atoms with Crippen molar-refractivity contribution in [2.24, 2.45) is 0 Å². The molecule has 1 aliphatic heterocycles. The van der Waals surface area contributed by atoms with E-state index in [1.807, 2.05) is 0 Å². The fourth-order valence-electron chi connectivity index (χ4n) is 5.29.